The molecule has 152 valence electrons. The van der Waals surface area contributed by atoms with Crippen LogP contribution in [0.4, 0.5) is 0 Å². The van der Waals surface area contributed by atoms with Crippen LogP contribution in [0.25, 0.3) is 5.69 Å². The maximum atomic E-state index is 12.9. The van der Waals surface area contributed by atoms with E-state index in [-0.39, 0.29) is 11.8 Å². The molecule has 4 rings (SSSR count). The van der Waals surface area contributed by atoms with Gasteiger partial charge in [-0.25, -0.2) is 9.67 Å². The fraction of sp³-hybridized carbons (Fsp3) is 0.450. The van der Waals surface area contributed by atoms with Crippen LogP contribution in [0.3, 0.4) is 0 Å². The number of hydrogen-bond acceptors (Lipinski definition) is 6. The van der Waals surface area contributed by atoms with Gasteiger partial charge in [0, 0.05) is 45.1 Å². The molecule has 0 unspecified atom stereocenters. The summed E-state index contributed by atoms with van der Waals surface area (Å²) in [6, 6.07) is 7.75. The lowest BCUT2D eigenvalue weighted by Gasteiger charge is -2.33. The van der Waals surface area contributed by atoms with E-state index in [0.717, 1.165) is 43.0 Å². The highest BCUT2D eigenvalue weighted by Gasteiger charge is 2.27. The van der Waals surface area contributed by atoms with Gasteiger partial charge in [0.1, 0.15) is 12.2 Å². The lowest BCUT2D eigenvalue weighted by Crippen LogP contribution is -2.40. The standard InChI is InChI=1S/C20H25N7O2/c1-29-12-11-25-10-8-21-20(25)17-3-2-9-26(14-17)19(28)13-16-4-6-18(7-5-16)27-15-22-23-24-27/h4-8,10,15,17H,2-3,9,11-14H2,1H3/t17-/m1/s1. The SMILES string of the molecule is COCCn1ccnc1[C@@H]1CCCN(C(=O)Cc2ccc(-n3cnnn3)cc2)C1. The Morgan fingerprint density at radius 3 is 2.90 bits per heavy atom. The second kappa shape index (κ2) is 8.95. The molecular formula is C20H25N7O2. The minimum absolute atomic E-state index is 0.153. The number of imidazole rings is 1. The molecule has 0 N–H and O–H groups in total. The molecule has 0 radical (unpaired) electrons. The molecule has 1 aliphatic rings. The van der Waals surface area contributed by atoms with E-state index < -0.39 is 0 Å². The van der Waals surface area contributed by atoms with Gasteiger partial charge in [0.2, 0.25) is 5.91 Å². The van der Waals surface area contributed by atoms with Crippen molar-refractivity contribution < 1.29 is 9.53 Å². The molecule has 3 aromatic rings. The van der Waals surface area contributed by atoms with Crippen molar-refractivity contribution >= 4 is 5.91 Å². The molecule has 9 heteroatoms. The van der Waals surface area contributed by atoms with Crippen molar-refractivity contribution in [3.63, 3.8) is 0 Å². The zero-order valence-electron chi connectivity index (χ0n) is 16.5. The first-order chi connectivity index (χ1) is 14.2. The second-order valence-corrected chi connectivity index (χ2v) is 7.25. The number of likely N-dealkylation sites (tertiary alicyclic amines) is 1. The summed E-state index contributed by atoms with van der Waals surface area (Å²) in [7, 11) is 1.70. The molecule has 1 amide bonds. The van der Waals surface area contributed by atoms with Crippen LogP contribution in [0.2, 0.25) is 0 Å². The predicted octanol–water partition coefficient (Wildman–Crippen LogP) is 1.45. The highest BCUT2D eigenvalue weighted by atomic mass is 16.5. The quantitative estimate of drug-likeness (QED) is 0.601. The fourth-order valence-electron chi connectivity index (χ4n) is 3.81. The molecule has 1 fully saturated rings. The number of carbonyl (C=O) groups excluding carboxylic acids is 1. The third-order valence-corrected chi connectivity index (χ3v) is 5.33. The Morgan fingerprint density at radius 2 is 2.14 bits per heavy atom. The Kier molecular flexibility index (Phi) is 5.95. The molecule has 0 bridgehead atoms. The predicted molar refractivity (Wildman–Crippen MR) is 106 cm³/mol. The molecule has 1 atom stereocenters. The first-order valence-corrected chi connectivity index (χ1v) is 9.84. The van der Waals surface area contributed by atoms with Gasteiger partial charge in [0.05, 0.1) is 18.7 Å². The topological polar surface area (TPSA) is 91.0 Å². The van der Waals surface area contributed by atoms with Gasteiger partial charge in [0.25, 0.3) is 0 Å². The number of aromatic nitrogens is 6. The van der Waals surface area contributed by atoms with Crippen LogP contribution in [0.5, 0.6) is 0 Å². The van der Waals surface area contributed by atoms with E-state index in [9.17, 15) is 4.79 Å². The van der Waals surface area contributed by atoms with Crippen LogP contribution in [0.1, 0.15) is 30.1 Å². The minimum atomic E-state index is 0.153. The number of benzene rings is 1. The smallest absolute Gasteiger partial charge is 0.227 e. The van der Waals surface area contributed by atoms with Crippen molar-refractivity contribution in [1.29, 1.82) is 0 Å². The lowest BCUT2D eigenvalue weighted by atomic mass is 9.96. The largest absolute Gasteiger partial charge is 0.383 e. The maximum absolute atomic E-state index is 12.9. The number of hydrogen-bond donors (Lipinski definition) is 0. The maximum Gasteiger partial charge on any atom is 0.227 e. The Hall–Kier alpha value is -3.07. The number of piperidine rings is 1. The third-order valence-electron chi connectivity index (χ3n) is 5.33. The number of methoxy groups -OCH3 is 1. The summed E-state index contributed by atoms with van der Waals surface area (Å²) in [5.74, 6) is 1.46. The van der Waals surface area contributed by atoms with Crippen molar-refractivity contribution in [2.75, 3.05) is 26.8 Å². The zero-order valence-corrected chi connectivity index (χ0v) is 16.5. The van der Waals surface area contributed by atoms with Crippen LogP contribution >= 0.6 is 0 Å². The van der Waals surface area contributed by atoms with Crippen molar-refractivity contribution in [3.05, 3.63) is 54.4 Å². The van der Waals surface area contributed by atoms with Gasteiger partial charge in [-0.15, -0.1) is 5.10 Å². The molecule has 0 saturated carbocycles. The van der Waals surface area contributed by atoms with Crippen LogP contribution in [0, 0.1) is 0 Å². The summed E-state index contributed by atoms with van der Waals surface area (Å²) in [5.41, 5.74) is 1.85. The van der Waals surface area contributed by atoms with Crippen molar-refractivity contribution in [2.24, 2.45) is 0 Å². The third kappa shape index (κ3) is 4.51. The van der Waals surface area contributed by atoms with E-state index >= 15 is 0 Å². The van der Waals surface area contributed by atoms with Gasteiger partial charge in [-0.2, -0.15) is 0 Å². The van der Waals surface area contributed by atoms with E-state index in [1.807, 2.05) is 41.6 Å². The Balaban J connectivity index is 1.38. The minimum Gasteiger partial charge on any atom is -0.383 e. The van der Waals surface area contributed by atoms with Gasteiger partial charge >= 0.3 is 0 Å². The monoisotopic (exact) mass is 395 g/mol. The lowest BCUT2D eigenvalue weighted by molar-refractivity contribution is -0.131. The number of carbonyl (C=O) groups is 1. The second-order valence-electron chi connectivity index (χ2n) is 7.25. The summed E-state index contributed by atoms with van der Waals surface area (Å²) in [4.78, 5) is 19.4. The molecule has 29 heavy (non-hydrogen) atoms. The van der Waals surface area contributed by atoms with Crippen molar-refractivity contribution in [1.82, 2.24) is 34.7 Å². The van der Waals surface area contributed by atoms with Gasteiger partial charge in [-0.05, 0) is 41.0 Å². The van der Waals surface area contributed by atoms with Gasteiger partial charge < -0.3 is 14.2 Å². The molecule has 1 saturated heterocycles. The highest BCUT2D eigenvalue weighted by Crippen LogP contribution is 2.26. The molecular weight excluding hydrogens is 370 g/mol. The van der Waals surface area contributed by atoms with Gasteiger partial charge in [0.15, 0.2) is 0 Å². The summed E-state index contributed by atoms with van der Waals surface area (Å²) < 4.78 is 8.92. The van der Waals surface area contributed by atoms with Crippen molar-refractivity contribution in [3.8, 4) is 5.69 Å². The molecule has 0 aliphatic carbocycles. The number of rotatable bonds is 7. The van der Waals surface area contributed by atoms with Crippen LogP contribution in [-0.2, 0) is 22.5 Å². The van der Waals surface area contributed by atoms with E-state index in [4.69, 9.17) is 4.74 Å². The van der Waals surface area contributed by atoms with Crippen LogP contribution in [0.15, 0.2) is 43.0 Å². The Labute approximate surface area is 169 Å². The molecule has 2 aromatic heterocycles. The van der Waals surface area contributed by atoms with E-state index in [0.29, 0.717) is 19.6 Å². The normalized spacial score (nSPS) is 16.9. The molecule has 0 spiro atoms. The van der Waals surface area contributed by atoms with Gasteiger partial charge in [-0.1, -0.05) is 12.1 Å². The molecule has 9 nitrogen and oxygen atoms in total. The first kappa shape index (κ1) is 19.3. The first-order valence-electron chi connectivity index (χ1n) is 9.84. The van der Waals surface area contributed by atoms with Crippen LogP contribution < -0.4 is 0 Å². The fourth-order valence-corrected chi connectivity index (χ4v) is 3.81. The molecule has 1 aromatic carbocycles. The number of ether oxygens (including phenoxy) is 1. The number of nitrogens with zero attached hydrogens (tertiary/aromatic N) is 7. The summed E-state index contributed by atoms with van der Waals surface area (Å²) in [6.45, 7) is 2.95. The van der Waals surface area contributed by atoms with E-state index in [2.05, 4.69) is 25.1 Å². The summed E-state index contributed by atoms with van der Waals surface area (Å²) in [5, 5.41) is 11.2. The van der Waals surface area contributed by atoms with Gasteiger partial charge in [-0.3, -0.25) is 4.79 Å². The number of amides is 1. The van der Waals surface area contributed by atoms with E-state index in [1.54, 1.807) is 18.1 Å². The molecule has 3 heterocycles. The average molecular weight is 395 g/mol. The van der Waals surface area contributed by atoms with Crippen molar-refractivity contribution in [2.45, 2.75) is 31.7 Å². The Morgan fingerprint density at radius 1 is 1.28 bits per heavy atom. The average Bonchev–Trinajstić information content (AvgIpc) is 3.45. The van der Waals surface area contributed by atoms with Crippen LogP contribution in [-0.4, -0.2) is 67.4 Å². The summed E-state index contributed by atoms with van der Waals surface area (Å²) in [6.07, 6.45) is 7.80. The number of tetrazole rings is 1. The molecule has 1 aliphatic heterocycles. The van der Waals surface area contributed by atoms with E-state index in [1.165, 1.54) is 0 Å². The Bertz CT molecular complexity index is 921. The summed E-state index contributed by atoms with van der Waals surface area (Å²) >= 11 is 0. The zero-order chi connectivity index (χ0) is 20.1. The highest BCUT2D eigenvalue weighted by molar-refractivity contribution is 5.79.